The average Bonchev–Trinajstić information content (AvgIpc) is 2.74. The van der Waals surface area contributed by atoms with Gasteiger partial charge in [-0.15, -0.1) is 0 Å². The molecule has 0 fully saturated rings. The number of nitrogens with zero attached hydrogens (tertiary/aromatic N) is 2. The SMILES string of the molecule is CC[C@@H](C(=O)NC(C)C)N(CCc1ccccc1)C(=O)CN(c1ccccc1C)S(C)(=O)=O. The summed E-state index contributed by atoms with van der Waals surface area (Å²) in [6.45, 7) is 7.32. The van der Waals surface area contributed by atoms with Crippen molar-refractivity contribution in [1.82, 2.24) is 10.2 Å². The van der Waals surface area contributed by atoms with Crippen molar-refractivity contribution in [3.63, 3.8) is 0 Å². The van der Waals surface area contributed by atoms with Crippen molar-refractivity contribution < 1.29 is 18.0 Å². The minimum Gasteiger partial charge on any atom is -0.352 e. The molecule has 0 aliphatic heterocycles. The molecule has 8 heteroatoms. The first-order chi connectivity index (χ1) is 15.5. The van der Waals surface area contributed by atoms with Crippen LogP contribution >= 0.6 is 0 Å². The van der Waals surface area contributed by atoms with Crippen molar-refractivity contribution in [2.75, 3.05) is 23.7 Å². The van der Waals surface area contributed by atoms with Crippen LogP contribution in [0, 0.1) is 6.92 Å². The molecule has 0 saturated carbocycles. The lowest BCUT2D eigenvalue weighted by Crippen LogP contribution is -2.54. The lowest BCUT2D eigenvalue weighted by atomic mass is 10.1. The van der Waals surface area contributed by atoms with Crippen molar-refractivity contribution in [2.24, 2.45) is 0 Å². The van der Waals surface area contributed by atoms with E-state index in [-0.39, 0.29) is 18.5 Å². The van der Waals surface area contributed by atoms with Crippen LogP contribution in [0.2, 0.25) is 0 Å². The van der Waals surface area contributed by atoms with Crippen molar-refractivity contribution in [3.05, 3.63) is 65.7 Å². The van der Waals surface area contributed by atoms with Crippen molar-refractivity contribution >= 4 is 27.5 Å². The Balaban J connectivity index is 2.37. The number of benzene rings is 2. The topological polar surface area (TPSA) is 86.8 Å². The first-order valence-corrected chi connectivity index (χ1v) is 13.1. The van der Waals surface area contributed by atoms with E-state index in [1.54, 1.807) is 25.1 Å². The molecule has 0 aliphatic carbocycles. The summed E-state index contributed by atoms with van der Waals surface area (Å²) in [5, 5.41) is 2.89. The number of hydrogen-bond acceptors (Lipinski definition) is 4. The maximum atomic E-state index is 13.5. The molecule has 0 aliphatic rings. The molecule has 0 aromatic heterocycles. The minimum atomic E-state index is -3.72. The van der Waals surface area contributed by atoms with Gasteiger partial charge in [0, 0.05) is 12.6 Å². The van der Waals surface area contributed by atoms with Gasteiger partial charge >= 0.3 is 0 Å². The molecule has 0 heterocycles. The third kappa shape index (κ3) is 7.60. The Bertz CT molecular complexity index is 1040. The summed E-state index contributed by atoms with van der Waals surface area (Å²) in [6, 6.07) is 16.0. The molecule has 1 N–H and O–H groups in total. The highest BCUT2D eigenvalue weighted by Crippen LogP contribution is 2.22. The fourth-order valence-electron chi connectivity index (χ4n) is 3.71. The van der Waals surface area contributed by atoms with Gasteiger partial charge in [0.15, 0.2) is 0 Å². The van der Waals surface area contributed by atoms with Gasteiger partial charge in [-0.3, -0.25) is 13.9 Å². The van der Waals surface area contributed by atoms with Gasteiger partial charge in [-0.05, 0) is 50.8 Å². The number of anilines is 1. The Labute approximate surface area is 197 Å². The predicted octanol–water partition coefficient (Wildman–Crippen LogP) is 3.14. The second-order valence-corrected chi connectivity index (χ2v) is 10.4. The maximum absolute atomic E-state index is 13.5. The summed E-state index contributed by atoms with van der Waals surface area (Å²) in [5.74, 6) is -0.652. The zero-order valence-electron chi connectivity index (χ0n) is 20.1. The van der Waals surface area contributed by atoms with Gasteiger partial charge in [0.2, 0.25) is 21.8 Å². The first-order valence-electron chi connectivity index (χ1n) is 11.2. The smallest absolute Gasteiger partial charge is 0.244 e. The summed E-state index contributed by atoms with van der Waals surface area (Å²) in [4.78, 5) is 28.0. The molecule has 2 aromatic carbocycles. The van der Waals surface area contributed by atoms with Crippen molar-refractivity contribution in [3.8, 4) is 0 Å². The van der Waals surface area contributed by atoms with Crippen molar-refractivity contribution in [2.45, 2.75) is 52.6 Å². The Morgan fingerprint density at radius 1 is 1.00 bits per heavy atom. The number of rotatable bonds is 11. The highest BCUT2D eigenvalue weighted by atomic mass is 32.2. The fraction of sp³-hybridized carbons (Fsp3) is 0.440. The average molecular weight is 474 g/mol. The Morgan fingerprint density at radius 2 is 1.61 bits per heavy atom. The van der Waals surface area contributed by atoms with Crippen LogP contribution in [-0.4, -0.2) is 56.6 Å². The number of carbonyl (C=O) groups excluding carboxylic acids is 2. The lowest BCUT2D eigenvalue weighted by Gasteiger charge is -2.33. The Hall–Kier alpha value is -2.87. The van der Waals surface area contributed by atoms with Crippen LogP contribution in [0.25, 0.3) is 0 Å². The normalized spacial score (nSPS) is 12.3. The van der Waals surface area contributed by atoms with Gasteiger partial charge in [0.05, 0.1) is 11.9 Å². The summed E-state index contributed by atoms with van der Waals surface area (Å²) in [5.41, 5.74) is 2.24. The van der Waals surface area contributed by atoms with E-state index in [1.165, 1.54) is 4.90 Å². The largest absolute Gasteiger partial charge is 0.352 e. The molecule has 0 saturated heterocycles. The first kappa shape index (κ1) is 26.4. The van der Waals surface area contributed by atoms with E-state index >= 15 is 0 Å². The minimum absolute atomic E-state index is 0.0721. The molecule has 0 unspecified atom stereocenters. The van der Waals surface area contributed by atoms with E-state index in [9.17, 15) is 18.0 Å². The summed E-state index contributed by atoms with van der Waals surface area (Å²) < 4.78 is 26.4. The predicted molar refractivity (Wildman–Crippen MR) is 133 cm³/mol. The summed E-state index contributed by atoms with van der Waals surface area (Å²) in [6.07, 6.45) is 2.06. The highest BCUT2D eigenvalue weighted by Gasteiger charge is 2.31. The van der Waals surface area contributed by atoms with E-state index in [2.05, 4.69) is 5.32 Å². The fourth-order valence-corrected chi connectivity index (χ4v) is 4.62. The maximum Gasteiger partial charge on any atom is 0.244 e. The summed E-state index contributed by atoms with van der Waals surface area (Å²) >= 11 is 0. The number of carbonyl (C=O) groups is 2. The van der Waals surface area contributed by atoms with E-state index in [4.69, 9.17) is 0 Å². The molecule has 180 valence electrons. The molecular formula is C25H35N3O4S. The third-order valence-electron chi connectivity index (χ3n) is 5.36. The number of amides is 2. The van der Waals surface area contributed by atoms with Gasteiger partial charge in [-0.25, -0.2) is 8.42 Å². The summed E-state index contributed by atoms with van der Waals surface area (Å²) in [7, 11) is -3.72. The van der Waals surface area contributed by atoms with Gasteiger partial charge in [0.1, 0.15) is 12.6 Å². The number of nitrogens with one attached hydrogen (secondary N) is 1. The molecule has 33 heavy (non-hydrogen) atoms. The standard InChI is InChI=1S/C25H35N3O4S/c1-6-22(25(30)26-19(2)3)27(17-16-21-13-8-7-9-14-21)24(29)18-28(33(5,31)32)23-15-11-10-12-20(23)4/h7-15,19,22H,6,16-18H2,1-5H3,(H,26,30)/t22-/m0/s1. The second kappa shape index (κ2) is 11.8. The van der Waals surface area contributed by atoms with Crippen molar-refractivity contribution in [1.29, 1.82) is 0 Å². The van der Waals surface area contributed by atoms with Crippen LogP contribution in [0.4, 0.5) is 5.69 Å². The Morgan fingerprint density at radius 3 is 2.15 bits per heavy atom. The number of aryl methyl sites for hydroxylation is 1. The molecule has 7 nitrogen and oxygen atoms in total. The van der Waals surface area contributed by atoms with Crippen LogP contribution < -0.4 is 9.62 Å². The molecule has 0 radical (unpaired) electrons. The monoisotopic (exact) mass is 473 g/mol. The van der Waals surface area contributed by atoms with Crippen LogP contribution in [0.15, 0.2) is 54.6 Å². The number of hydrogen-bond donors (Lipinski definition) is 1. The van der Waals surface area contributed by atoms with Crippen LogP contribution in [0.3, 0.4) is 0 Å². The van der Waals surface area contributed by atoms with E-state index in [0.717, 1.165) is 21.7 Å². The molecule has 2 amide bonds. The molecular weight excluding hydrogens is 438 g/mol. The molecule has 0 spiro atoms. The quantitative estimate of drug-likeness (QED) is 0.543. The van der Waals surface area contributed by atoms with E-state index in [0.29, 0.717) is 25.1 Å². The molecule has 2 rings (SSSR count). The van der Waals surface area contributed by atoms with Gasteiger partial charge in [-0.2, -0.15) is 0 Å². The van der Waals surface area contributed by atoms with Gasteiger partial charge < -0.3 is 10.2 Å². The zero-order valence-corrected chi connectivity index (χ0v) is 20.9. The number of para-hydroxylation sites is 1. The Kier molecular flexibility index (Phi) is 9.46. The van der Waals surface area contributed by atoms with Gasteiger partial charge in [-0.1, -0.05) is 55.5 Å². The molecule has 0 bridgehead atoms. The molecule has 1 atom stereocenters. The highest BCUT2D eigenvalue weighted by molar-refractivity contribution is 7.92. The van der Waals surface area contributed by atoms with E-state index < -0.39 is 22.0 Å². The van der Waals surface area contributed by atoms with E-state index in [1.807, 2.05) is 57.2 Å². The van der Waals surface area contributed by atoms with Crippen LogP contribution in [-0.2, 0) is 26.0 Å². The molecule has 2 aromatic rings. The van der Waals surface area contributed by atoms with Crippen LogP contribution in [0.1, 0.15) is 38.3 Å². The number of sulfonamides is 1. The van der Waals surface area contributed by atoms with Gasteiger partial charge in [0.25, 0.3) is 0 Å². The lowest BCUT2D eigenvalue weighted by molar-refractivity contribution is -0.139. The van der Waals surface area contributed by atoms with Crippen LogP contribution in [0.5, 0.6) is 0 Å². The zero-order chi connectivity index (χ0) is 24.6. The third-order valence-corrected chi connectivity index (χ3v) is 6.49. The second-order valence-electron chi connectivity index (χ2n) is 8.47.